The summed E-state index contributed by atoms with van der Waals surface area (Å²) >= 11 is 12.2. The lowest BCUT2D eigenvalue weighted by Gasteiger charge is -2.13. The van der Waals surface area contributed by atoms with Crippen LogP contribution in [0.25, 0.3) is 0 Å². The Morgan fingerprint density at radius 2 is 1.71 bits per heavy atom. The topological polar surface area (TPSA) is 56.0 Å². The van der Waals surface area contributed by atoms with Gasteiger partial charge in [0.1, 0.15) is 0 Å². The number of hydrogen-bond acceptors (Lipinski definition) is 3. The van der Waals surface area contributed by atoms with Crippen LogP contribution in [0.1, 0.15) is 11.3 Å². The Morgan fingerprint density at radius 3 is 2.38 bits per heavy atom. The summed E-state index contributed by atoms with van der Waals surface area (Å²) in [7, 11) is 3.06. The van der Waals surface area contributed by atoms with Gasteiger partial charge >= 0.3 is 5.69 Å². The zero-order valence-electron chi connectivity index (χ0n) is 11.9. The number of aromatic nitrogens is 2. The fourth-order valence-corrected chi connectivity index (χ4v) is 2.36. The Kier molecular flexibility index (Phi) is 4.44. The molecule has 0 atom stereocenters. The summed E-state index contributed by atoms with van der Waals surface area (Å²) in [6.07, 6.45) is 0. The van der Waals surface area contributed by atoms with Crippen molar-refractivity contribution in [1.82, 2.24) is 9.13 Å². The van der Waals surface area contributed by atoms with Crippen LogP contribution in [0.15, 0.2) is 27.8 Å². The summed E-state index contributed by atoms with van der Waals surface area (Å²) in [5, 5.41) is 4.22. The van der Waals surface area contributed by atoms with E-state index in [2.05, 4.69) is 5.32 Å². The van der Waals surface area contributed by atoms with Gasteiger partial charge in [0.2, 0.25) is 0 Å². The van der Waals surface area contributed by atoms with E-state index in [4.69, 9.17) is 23.2 Å². The predicted octanol–water partition coefficient (Wildman–Crippen LogP) is 2.31. The van der Waals surface area contributed by atoms with Crippen molar-refractivity contribution in [3.63, 3.8) is 0 Å². The number of anilines is 1. The van der Waals surface area contributed by atoms with E-state index in [9.17, 15) is 9.59 Å². The molecule has 21 heavy (non-hydrogen) atoms. The minimum Gasteiger partial charge on any atom is -0.378 e. The number of nitrogens with one attached hydrogen (secondary N) is 1. The third-order valence-corrected chi connectivity index (χ3v) is 4.05. The summed E-state index contributed by atoms with van der Waals surface area (Å²) in [5.74, 6) is 0. The van der Waals surface area contributed by atoms with Crippen molar-refractivity contribution in [1.29, 1.82) is 0 Å². The number of nitrogens with zero attached hydrogens (tertiary/aromatic N) is 2. The fourth-order valence-electron chi connectivity index (χ4n) is 1.92. The first kappa shape index (κ1) is 15.7. The number of benzene rings is 1. The summed E-state index contributed by atoms with van der Waals surface area (Å²) in [6, 6.07) is 4.89. The maximum absolute atomic E-state index is 11.8. The molecule has 0 amide bonds. The van der Waals surface area contributed by atoms with Crippen LogP contribution in [-0.2, 0) is 20.6 Å². The van der Waals surface area contributed by atoms with E-state index in [-0.39, 0.29) is 11.2 Å². The highest BCUT2D eigenvalue weighted by atomic mass is 35.5. The van der Waals surface area contributed by atoms with Gasteiger partial charge in [-0.1, -0.05) is 23.2 Å². The van der Waals surface area contributed by atoms with Crippen LogP contribution in [0.4, 0.5) is 5.69 Å². The van der Waals surface area contributed by atoms with Crippen molar-refractivity contribution >= 4 is 28.9 Å². The first-order valence-electron chi connectivity index (χ1n) is 6.26. The molecule has 0 saturated heterocycles. The average molecular weight is 328 g/mol. The maximum atomic E-state index is 11.8. The third kappa shape index (κ3) is 3.14. The Morgan fingerprint density at radius 1 is 1.05 bits per heavy atom. The second-order valence-electron chi connectivity index (χ2n) is 4.81. The molecule has 0 saturated carbocycles. The zero-order chi connectivity index (χ0) is 15.7. The lowest BCUT2D eigenvalue weighted by atomic mass is 10.2. The molecular formula is C14H15Cl2N3O2. The molecule has 0 bridgehead atoms. The van der Waals surface area contributed by atoms with Crippen molar-refractivity contribution < 1.29 is 0 Å². The Hall–Kier alpha value is -1.72. The minimum absolute atomic E-state index is 0.293. The zero-order valence-corrected chi connectivity index (χ0v) is 13.4. The van der Waals surface area contributed by atoms with E-state index in [1.165, 1.54) is 17.7 Å². The van der Waals surface area contributed by atoms with Crippen LogP contribution in [0.3, 0.4) is 0 Å². The highest BCUT2D eigenvalue weighted by Gasteiger charge is 2.08. The summed E-state index contributed by atoms with van der Waals surface area (Å²) in [6.45, 7) is 2.16. The van der Waals surface area contributed by atoms with Crippen molar-refractivity contribution in [2.45, 2.75) is 13.5 Å². The Bertz CT molecular complexity index is 809. The largest absolute Gasteiger partial charge is 0.378 e. The maximum Gasteiger partial charge on any atom is 0.330 e. The van der Waals surface area contributed by atoms with E-state index >= 15 is 0 Å². The normalized spacial score (nSPS) is 10.7. The van der Waals surface area contributed by atoms with Crippen LogP contribution in [0, 0.1) is 6.92 Å². The molecule has 0 aliphatic carbocycles. The average Bonchev–Trinajstić information content (AvgIpc) is 2.44. The van der Waals surface area contributed by atoms with E-state index in [1.54, 1.807) is 19.2 Å². The number of aryl methyl sites for hydroxylation is 1. The number of halogens is 2. The van der Waals surface area contributed by atoms with Gasteiger partial charge in [0.25, 0.3) is 5.56 Å². The molecule has 112 valence electrons. The number of rotatable bonds is 3. The van der Waals surface area contributed by atoms with Gasteiger partial charge in [0.05, 0.1) is 17.3 Å². The lowest BCUT2D eigenvalue weighted by molar-refractivity contribution is 0.655. The summed E-state index contributed by atoms with van der Waals surface area (Å²) in [5.41, 5.74) is 1.39. The van der Waals surface area contributed by atoms with Crippen molar-refractivity contribution in [3.8, 4) is 0 Å². The monoisotopic (exact) mass is 327 g/mol. The van der Waals surface area contributed by atoms with E-state index in [0.717, 1.165) is 10.1 Å². The van der Waals surface area contributed by atoms with Gasteiger partial charge < -0.3 is 5.32 Å². The Balaban J connectivity index is 2.31. The van der Waals surface area contributed by atoms with Gasteiger partial charge in [-0.3, -0.25) is 13.9 Å². The highest BCUT2D eigenvalue weighted by molar-refractivity contribution is 6.35. The standard InChI is InChI=1S/C14H15Cl2N3O2/c1-8-4-11(16)12(6-10(8)15)17-7-9-5-13(20)19(3)14(21)18(9)2/h4-6,17H,7H2,1-3H3. The van der Waals surface area contributed by atoms with E-state index < -0.39 is 0 Å². The van der Waals surface area contributed by atoms with Crippen molar-refractivity contribution in [2.75, 3.05) is 5.32 Å². The molecule has 0 fully saturated rings. The molecule has 7 heteroatoms. The van der Waals surface area contributed by atoms with Crippen LogP contribution in [-0.4, -0.2) is 9.13 Å². The summed E-state index contributed by atoms with van der Waals surface area (Å²) in [4.78, 5) is 23.5. The molecule has 1 aromatic carbocycles. The second-order valence-corrected chi connectivity index (χ2v) is 5.62. The molecule has 2 rings (SSSR count). The van der Waals surface area contributed by atoms with Crippen LogP contribution >= 0.6 is 23.2 Å². The van der Waals surface area contributed by atoms with E-state index in [1.807, 2.05) is 6.92 Å². The first-order valence-corrected chi connectivity index (χ1v) is 7.02. The smallest absolute Gasteiger partial charge is 0.330 e. The van der Waals surface area contributed by atoms with Crippen LogP contribution in [0.5, 0.6) is 0 Å². The molecule has 5 nitrogen and oxygen atoms in total. The lowest BCUT2D eigenvalue weighted by Crippen LogP contribution is -2.38. The van der Waals surface area contributed by atoms with Crippen molar-refractivity contribution in [3.05, 3.63) is 60.3 Å². The molecule has 1 heterocycles. The third-order valence-electron chi connectivity index (χ3n) is 3.33. The SMILES string of the molecule is Cc1cc(Cl)c(NCc2cc(=O)n(C)c(=O)n2C)cc1Cl. The van der Waals surface area contributed by atoms with E-state index in [0.29, 0.717) is 28.0 Å². The highest BCUT2D eigenvalue weighted by Crippen LogP contribution is 2.28. The fraction of sp³-hybridized carbons (Fsp3) is 0.286. The van der Waals surface area contributed by atoms with Gasteiger partial charge in [-0.05, 0) is 24.6 Å². The second kappa shape index (κ2) is 5.95. The molecule has 0 radical (unpaired) electrons. The van der Waals surface area contributed by atoms with Crippen molar-refractivity contribution in [2.24, 2.45) is 14.1 Å². The summed E-state index contributed by atoms with van der Waals surface area (Å²) < 4.78 is 2.47. The molecule has 1 aromatic heterocycles. The molecule has 2 aromatic rings. The minimum atomic E-state index is -0.368. The van der Waals surface area contributed by atoms with Crippen LogP contribution < -0.4 is 16.6 Å². The van der Waals surface area contributed by atoms with Gasteiger partial charge in [-0.25, -0.2) is 4.79 Å². The van der Waals surface area contributed by atoms with Gasteiger partial charge in [-0.2, -0.15) is 0 Å². The first-order chi connectivity index (χ1) is 9.81. The predicted molar refractivity (Wildman–Crippen MR) is 85.4 cm³/mol. The molecular weight excluding hydrogens is 313 g/mol. The quantitative estimate of drug-likeness (QED) is 0.941. The molecule has 0 unspecified atom stereocenters. The number of hydrogen-bond donors (Lipinski definition) is 1. The molecule has 0 spiro atoms. The van der Waals surface area contributed by atoms with Gasteiger partial charge in [0.15, 0.2) is 0 Å². The molecule has 0 aliphatic rings. The van der Waals surface area contributed by atoms with Gasteiger partial charge in [-0.15, -0.1) is 0 Å². The van der Waals surface area contributed by atoms with Crippen LogP contribution in [0.2, 0.25) is 10.0 Å². The Labute approximate surface area is 131 Å². The molecule has 1 N–H and O–H groups in total. The van der Waals surface area contributed by atoms with Gasteiger partial charge in [0, 0.05) is 30.9 Å². The molecule has 0 aliphatic heterocycles.